The lowest BCUT2D eigenvalue weighted by Gasteiger charge is -2.32. The molecular weight excluding hydrogens is 302 g/mol. The van der Waals surface area contributed by atoms with Gasteiger partial charge in [0.15, 0.2) is 5.65 Å². The lowest BCUT2D eigenvalue weighted by Crippen LogP contribution is -2.38. The molecule has 6 nitrogen and oxygen atoms in total. The second kappa shape index (κ2) is 6.73. The Kier molecular flexibility index (Phi) is 4.66. The van der Waals surface area contributed by atoms with Crippen LogP contribution in [0.3, 0.4) is 0 Å². The minimum Gasteiger partial charge on any atom is -0.339 e. The number of piperidine rings is 1. The Hall–Kier alpha value is -2.21. The molecule has 1 amide bonds. The van der Waals surface area contributed by atoms with E-state index in [0.29, 0.717) is 11.5 Å². The molecular formula is C18H25N5O. The molecule has 0 N–H and O–H groups in total. The molecule has 2 aromatic heterocycles. The Morgan fingerprint density at radius 2 is 2.08 bits per heavy atom. The number of amides is 1. The summed E-state index contributed by atoms with van der Waals surface area (Å²) in [6.07, 6.45) is 5.67. The fraction of sp³-hybridized carbons (Fsp3) is 0.500. The van der Waals surface area contributed by atoms with E-state index in [-0.39, 0.29) is 5.91 Å². The van der Waals surface area contributed by atoms with Gasteiger partial charge in [-0.25, -0.2) is 9.50 Å². The molecule has 0 saturated carbocycles. The van der Waals surface area contributed by atoms with Crippen LogP contribution in [0.4, 0.5) is 0 Å². The normalized spacial score (nSPS) is 16.1. The van der Waals surface area contributed by atoms with Crippen LogP contribution in [0.15, 0.2) is 30.6 Å². The topological polar surface area (TPSA) is 53.7 Å². The Morgan fingerprint density at radius 1 is 1.38 bits per heavy atom. The zero-order chi connectivity index (χ0) is 17.3. The molecule has 3 rings (SSSR count). The third-order valence-corrected chi connectivity index (χ3v) is 4.56. The van der Waals surface area contributed by atoms with Gasteiger partial charge in [-0.2, -0.15) is 5.10 Å². The van der Waals surface area contributed by atoms with E-state index in [1.165, 1.54) is 5.69 Å². The van der Waals surface area contributed by atoms with E-state index in [9.17, 15) is 4.79 Å². The first-order chi connectivity index (χ1) is 11.5. The van der Waals surface area contributed by atoms with E-state index >= 15 is 0 Å². The fourth-order valence-corrected chi connectivity index (χ4v) is 3.37. The second-order valence-corrected chi connectivity index (χ2v) is 6.86. The van der Waals surface area contributed by atoms with E-state index in [1.54, 1.807) is 6.92 Å². The average molecular weight is 327 g/mol. The molecule has 3 heterocycles. The van der Waals surface area contributed by atoms with Crippen LogP contribution >= 0.6 is 0 Å². The van der Waals surface area contributed by atoms with Crippen LogP contribution in [-0.2, 0) is 11.3 Å². The maximum absolute atomic E-state index is 12.1. The molecule has 0 bridgehead atoms. The van der Waals surface area contributed by atoms with Gasteiger partial charge >= 0.3 is 0 Å². The molecule has 0 aliphatic carbocycles. The first-order valence-corrected chi connectivity index (χ1v) is 8.38. The van der Waals surface area contributed by atoms with Crippen molar-refractivity contribution in [3.05, 3.63) is 41.9 Å². The summed E-state index contributed by atoms with van der Waals surface area (Å²) in [5.74, 6) is 0.470. The first-order valence-electron chi connectivity index (χ1n) is 8.38. The lowest BCUT2D eigenvalue weighted by atomic mass is 9.93. The number of rotatable bonds is 4. The van der Waals surface area contributed by atoms with Crippen LogP contribution in [0.5, 0.6) is 0 Å². The summed E-state index contributed by atoms with van der Waals surface area (Å²) < 4.78 is 1.97. The van der Waals surface area contributed by atoms with E-state index < -0.39 is 0 Å². The Labute approximate surface area is 142 Å². The van der Waals surface area contributed by atoms with Crippen LogP contribution < -0.4 is 0 Å². The highest BCUT2D eigenvalue weighted by Crippen LogP contribution is 2.29. The maximum atomic E-state index is 12.1. The van der Waals surface area contributed by atoms with Crippen molar-refractivity contribution < 1.29 is 4.79 Å². The molecule has 0 radical (unpaired) electrons. The third-order valence-electron chi connectivity index (χ3n) is 4.56. The van der Waals surface area contributed by atoms with Gasteiger partial charge in [0.1, 0.15) is 0 Å². The third kappa shape index (κ3) is 3.19. The summed E-state index contributed by atoms with van der Waals surface area (Å²) in [7, 11) is 4.09. The van der Waals surface area contributed by atoms with Crippen molar-refractivity contribution in [3.8, 4) is 0 Å². The van der Waals surface area contributed by atoms with E-state index in [1.807, 2.05) is 35.9 Å². The number of carbonyl (C=O) groups is 1. The summed E-state index contributed by atoms with van der Waals surface area (Å²) in [4.78, 5) is 20.6. The van der Waals surface area contributed by atoms with Crippen LogP contribution in [0, 0.1) is 0 Å². The van der Waals surface area contributed by atoms with Gasteiger partial charge in [-0.3, -0.25) is 4.79 Å². The molecule has 2 aromatic rings. The van der Waals surface area contributed by atoms with E-state index in [4.69, 9.17) is 0 Å². The monoisotopic (exact) mass is 327 g/mol. The Morgan fingerprint density at radius 3 is 2.71 bits per heavy atom. The predicted octanol–water partition coefficient (Wildman–Crippen LogP) is 2.07. The second-order valence-electron chi connectivity index (χ2n) is 6.86. The molecule has 24 heavy (non-hydrogen) atoms. The summed E-state index contributed by atoms with van der Waals surface area (Å²) in [6.45, 7) is 7.90. The van der Waals surface area contributed by atoms with Crippen molar-refractivity contribution in [2.75, 3.05) is 27.2 Å². The van der Waals surface area contributed by atoms with Gasteiger partial charge in [0.25, 0.3) is 0 Å². The number of hydrogen-bond acceptors (Lipinski definition) is 4. The first kappa shape index (κ1) is 16.6. The minimum atomic E-state index is 0.0701. The molecule has 0 unspecified atom stereocenters. The number of aromatic nitrogens is 3. The number of fused-ring (bicyclic) bond motifs is 1. The molecule has 1 aliphatic rings. The Balaban J connectivity index is 1.80. The van der Waals surface area contributed by atoms with Gasteiger partial charge in [-0.1, -0.05) is 6.58 Å². The van der Waals surface area contributed by atoms with Crippen molar-refractivity contribution >= 4 is 11.6 Å². The highest BCUT2D eigenvalue weighted by molar-refractivity contribution is 5.92. The van der Waals surface area contributed by atoms with Gasteiger partial charge in [0, 0.05) is 48.6 Å². The van der Waals surface area contributed by atoms with Gasteiger partial charge in [0.05, 0.1) is 6.20 Å². The molecule has 128 valence electrons. The van der Waals surface area contributed by atoms with Crippen LogP contribution in [0.25, 0.3) is 5.65 Å². The summed E-state index contributed by atoms with van der Waals surface area (Å²) in [5, 5.41) is 4.56. The van der Waals surface area contributed by atoms with Crippen LogP contribution in [-0.4, -0.2) is 57.5 Å². The van der Waals surface area contributed by atoms with Gasteiger partial charge in [-0.15, -0.1) is 0 Å². The number of nitrogens with zero attached hydrogens (tertiary/aromatic N) is 5. The maximum Gasteiger partial charge on any atom is 0.248 e. The van der Waals surface area contributed by atoms with Gasteiger partial charge < -0.3 is 9.80 Å². The van der Waals surface area contributed by atoms with Crippen LogP contribution in [0.1, 0.15) is 36.9 Å². The van der Waals surface area contributed by atoms with Gasteiger partial charge in [0.2, 0.25) is 5.91 Å². The molecule has 0 spiro atoms. The highest BCUT2D eigenvalue weighted by Gasteiger charge is 2.26. The molecule has 0 aromatic carbocycles. The largest absolute Gasteiger partial charge is 0.339 e. The van der Waals surface area contributed by atoms with Crippen LogP contribution in [0.2, 0.25) is 0 Å². The zero-order valence-electron chi connectivity index (χ0n) is 14.7. The summed E-state index contributed by atoms with van der Waals surface area (Å²) in [6, 6.07) is 2.06. The Bertz CT molecular complexity index is 756. The SMILES string of the molecule is C=C(C)C(=O)N1CCC(c2ccnc3c(CN(C)C)cnn23)CC1. The fourth-order valence-electron chi connectivity index (χ4n) is 3.37. The molecule has 1 aliphatic heterocycles. The molecule has 6 heteroatoms. The smallest absolute Gasteiger partial charge is 0.248 e. The van der Waals surface area contributed by atoms with Gasteiger partial charge in [-0.05, 0) is 39.9 Å². The average Bonchev–Trinajstić information content (AvgIpc) is 2.96. The van der Waals surface area contributed by atoms with E-state index in [0.717, 1.165) is 43.7 Å². The van der Waals surface area contributed by atoms with Crippen molar-refractivity contribution in [2.24, 2.45) is 0 Å². The predicted molar refractivity (Wildman–Crippen MR) is 93.7 cm³/mol. The standard InChI is InChI=1S/C18H25N5O/c1-13(2)18(24)22-9-6-14(7-10-22)16-5-8-19-17-15(12-21(3)4)11-20-23(16)17/h5,8,11,14H,1,6-7,9-10,12H2,2-4H3. The van der Waals surface area contributed by atoms with Crippen molar-refractivity contribution in [1.29, 1.82) is 0 Å². The minimum absolute atomic E-state index is 0.0701. The van der Waals surface area contributed by atoms with Crippen molar-refractivity contribution in [1.82, 2.24) is 24.4 Å². The van der Waals surface area contributed by atoms with E-state index in [2.05, 4.69) is 27.6 Å². The highest BCUT2D eigenvalue weighted by atomic mass is 16.2. The molecule has 1 fully saturated rings. The summed E-state index contributed by atoms with van der Waals surface area (Å²) >= 11 is 0. The van der Waals surface area contributed by atoms with Crippen molar-refractivity contribution in [2.45, 2.75) is 32.2 Å². The van der Waals surface area contributed by atoms with Crippen molar-refractivity contribution in [3.63, 3.8) is 0 Å². The number of hydrogen-bond donors (Lipinski definition) is 0. The number of likely N-dealkylation sites (tertiary alicyclic amines) is 1. The zero-order valence-corrected chi connectivity index (χ0v) is 14.7. The molecule has 1 saturated heterocycles. The quantitative estimate of drug-likeness (QED) is 0.807. The molecule has 0 atom stereocenters. The lowest BCUT2D eigenvalue weighted by molar-refractivity contribution is -0.128. The summed E-state index contributed by atoms with van der Waals surface area (Å²) in [5.41, 5.74) is 3.87. The number of carbonyl (C=O) groups excluding carboxylic acids is 1.